The number of amides is 1. The zero-order valence-electron chi connectivity index (χ0n) is 14.4. The van der Waals surface area contributed by atoms with Crippen molar-refractivity contribution in [2.24, 2.45) is 0 Å². The number of rotatable bonds is 6. The van der Waals surface area contributed by atoms with Gasteiger partial charge in [-0.3, -0.25) is 4.79 Å². The van der Waals surface area contributed by atoms with Gasteiger partial charge in [0.2, 0.25) is 11.7 Å². The molecular weight excluding hydrogens is 401 g/mol. The van der Waals surface area contributed by atoms with Crippen LogP contribution in [0.5, 0.6) is 5.75 Å². The number of anilines is 1. The zero-order valence-corrected chi connectivity index (χ0v) is 14.4. The highest BCUT2D eigenvalue weighted by molar-refractivity contribution is 5.90. The van der Waals surface area contributed by atoms with E-state index in [1.54, 1.807) is 0 Å². The lowest BCUT2D eigenvalue weighted by Gasteiger charge is -2.07. The molecule has 0 spiro atoms. The van der Waals surface area contributed by atoms with Crippen LogP contribution in [-0.4, -0.2) is 32.7 Å². The van der Waals surface area contributed by atoms with E-state index in [0.717, 1.165) is 16.9 Å². The minimum Gasteiger partial charge on any atom is -0.435 e. The average molecular weight is 413 g/mol. The molecule has 1 heterocycles. The number of hydrogen-bond acceptors (Lipinski definition) is 5. The molecule has 0 unspecified atom stereocenters. The topological polar surface area (TPSA) is 81.9 Å². The molecule has 0 saturated carbocycles. The summed E-state index contributed by atoms with van der Waals surface area (Å²) in [6.45, 7) is -3.32. The van der Waals surface area contributed by atoms with Gasteiger partial charge in [-0.25, -0.2) is 0 Å². The Morgan fingerprint density at radius 3 is 2.52 bits per heavy atom. The molecular formula is C17H12F5N5O2. The maximum absolute atomic E-state index is 12.8. The van der Waals surface area contributed by atoms with Gasteiger partial charge in [0, 0.05) is 11.3 Å². The summed E-state index contributed by atoms with van der Waals surface area (Å²) < 4.78 is 66.8. The van der Waals surface area contributed by atoms with Crippen molar-refractivity contribution in [3.63, 3.8) is 0 Å². The number of aromatic nitrogens is 4. The molecule has 12 heteroatoms. The van der Waals surface area contributed by atoms with E-state index < -0.39 is 24.3 Å². The lowest BCUT2D eigenvalue weighted by atomic mass is 10.1. The van der Waals surface area contributed by atoms with Crippen LogP contribution in [0.25, 0.3) is 11.4 Å². The van der Waals surface area contributed by atoms with Gasteiger partial charge in [0.15, 0.2) is 0 Å². The molecule has 1 amide bonds. The van der Waals surface area contributed by atoms with Gasteiger partial charge in [0.05, 0.1) is 5.56 Å². The number of nitrogens with one attached hydrogen (secondary N) is 1. The Balaban J connectivity index is 1.63. The van der Waals surface area contributed by atoms with Crippen LogP contribution in [0.2, 0.25) is 0 Å². The standard InChI is InChI=1S/C17H12F5N5O2/c18-16(19)29-13-6-4-12(5-7-13)23-14(28)9-27-25-15(24-26-27)10-2-1-3-11(8-10)17(20,21)22/h1-8,16H,9H2,(H,23,28). The molecule has 0 saturated heterocycles. The first kappa shape index (κ1) is 20.2. The Labute approximate surface area is 160 Å². The molecule has 2 aromatic carbocycles. The SMILES string of the molecule is O=C(Cn1nnc(-c2cccc(C(F)(F)F)c2)n1)Nc1ccc(OC(F)F)cc1. The summed E-state index contributed by atoms with van der Waals surface area (Å²) in [6.07, 6.45) is -4.51. The minimum absolute atomic E-state index is 0.0679. The van der Waals surface area contributed by atoms with Crippen molar-refractivity contribution in [3.8, 4) is 17.1 Å². The molecule has 0 aliphatic rings. The van der Waals surface area contributed by atoms with Crippen molar-refractivity contribution < 1.29 is 31.5 Å². The van der Waals surface area contributed by atoms with Gasteiger partial charge in [0.25, 0.3) is 0 Å². The quantitative estimate of drug-likeness (QED) is 0.625. The Bertz CT molecular complexity index is 988. The van der Waals surface area contributed by atoms with Crippen LogP contribution in [-0.2, 0) is 17.5 Å². The maximum atomic E-state index is 12.8. The third-order valence-electron chi connectivity index (χ3n) is 3.55. The number of hydrogen-bond donors (Lipinski definition) is 1. The van der Waals surface area contributed by atoms with Crippen LogP contribution in [0, 0.1) is 0 Å². The molecule has 0 bridgehead atoms. The number of carbonyl (C=O) groups excluding carboxylic acids is 1. The molecule has 7 nitrogen and oxygen atoms in total. The summed E-state index contributed by atoms with van der Waals surface area (Å²) in [7, 11) is 0. The second kappa shape index (κ2) is 8.20. The van der Waals surface area contributed by atoms with E-state index in [-0.39, 0.29) is 23.7 Å². The molecule has 3 rings (SSSR count). The second-order valence-corrected chi connectivity index (χ2v) is 5.67. The third kappa shape index (κ3) is 5.46. The van der Waals surface area contributed by atoms with Crippen molar-refractivity contribution in [1.29, 1.82) is 0 Å². The van der Waals surface area contributed by atoms with Crippen molar-refractivity contribution in [1.82, 2.24) is 20.2 Å². The zero-order chi connectivity index (χ0) is 21.0. The van der Waals surface area contributed by atoms with E-state index in [1.807, 2.05) is 0 Å². The Hall–Kier alpha value is -3.57. The molecule has 1 aromatic heterocycles. The molecule has 0 radical (unpaired) electrons. The molecule has 152 valence electrons. The number of nitrogens with zero attached hydrogens (tertiary/aromatic N) is 4. The van der Waals surface area contributed by atoms with Crippen LogP contribution in [0.15, 0.2) is 48.5 Å². The molecule has 0 atom stereocenters. The highest BCUT2D eigenvalue weighted by Crippen LogP contribution is 2.31. The number of alkyl halides is 5. The van der Waals surface area contributed by atoms with Crippen molar-refractivity contribution in [2.75, 3.05) is 5.32 Å². The van der Waals surface area contributed by atoms with Crippen molar-refractivity contribution in [3.05, 3.63) is 54.1 Å². The number of ether oxygens (including phenoxy) is 1. The fourth-order valence-electron chi connectivity index (χ4n) is 2.31. The van der Waals surface area contributed by atoms with Gasteiger partial charge in [-0.15, -0.1) is 10.2 Å². The van der Waals surface area contributed by atoms with Crippen LogP contribution >= 0.6 is 0 Å². The molecule has 1 N–H and O–H groups in total. The number of tetrazole rings is 1. The molecule has 3 aromatic rings. The summed E-state index contributed by atoms with van der Waals surface area (Å²) in [4.78, 5) is 13.0. The summed E-state index contributed by atoms with van der Waals surface area (Å²) in [5.74, 6) is -0.695. The third-order valence-corrected chi connectivity index (χ3v) is 3.55. The summed E-state index contributed by atoms with van der Waals surface area (Å²) >= 11 is 0. The fraction of sp³-hybridized carbons (Fsp3) is 0.176. The lowest BCUT2D eigenvalue weighted by molar-refractivity contribution is -0.137. The van der Waals surface area contributed by atoms with Crippen molar-refractivity contribution in [2.45, 2.75) is 19.3 Å². The predicted octanol–water partition coefficient (Wildman–Crippen LogP) is 3.60. The predicted molar refractivity (Wildman–Crippen MR) is 90.0 cm³/mol. The minimum atomic E-state index is -4.51. The fourth-order valence-corrected chi connectivity index (χ4v) is 2.31. The van der Waals surface area contributed by atoms with Gasteiger partial charge in [0.1, 0.15) is 12.3 Å². The number of carbonyl (C=O) groups is 1. The van der Waals surface area contributed by atoms with Gasteiger partial charge in [-0.2, -0.15) is 26.7 Å². The molecule has 0 aliphatic heterocycles. The molecule has 29 heavy (non-hydrogen) atoms. The van der Waals surface area contributed by atoms with Gasteiger partial charge in [-0.1, -0.05) is 12.1 Å². The van der Waals surface area contributed by atoms with Crippen LogP contribution < -0.4 is 10.1 Å². The van der Waals surface area contributed by atoms with Crippen molar-refractivity contribution >= 4 is 11.6 Å². The highest BCUT2D eigenvalue weighted by Gasteiger charge is 2.30. The average Bonchev–Trinajstić information content (AvgIpc) is 3.11. The molecule has 0 fully saturated rings. The molecule has 0 aliphatic carbocycles. The first-order chi connectivity index (χ1) is 13.7. The van der Waals surface area contributed by atoms with E-state index in [1.165, 1.54) is 36.4 Å². The number of halogens is 5. The van der Waals surface area contributed by atoms with Crippen LogP contribution in [0.3, 0.4) is 0 Å². The highest BCUT2D eigenvalue weighted by atomic mass is 19.4. The van der Waals surface area contributed by atoms with E-state index in [9.17, 15) is 26.7 Å². The summed E-state index contributed by atoms with van der Waals surface area (Å²) in [6, 6.07) is 9.62. The second-order valence-electron chi connectivity index (χ2n) is 5.67. The van der Waals surface area contributed by atoms with Crippen LogP contribution in [0.4, 0.5) is 27.6 Å². The van der Waals surface area contributed by atoms with Gasteiger partial charge in [-0.05, 0) is 41.6 Å². The van der Waals surface area contributed by atoms with Crippen LogP contribution in [0.1, 0.15) is 5.56 Å². The Morgan fingerprint density at radius 1 is 1.14 bits per heavy atom. The van der Waals surface area contributed by atoms with E-state index in [4.69, 9.17) is 0 Å². The number of benzene rings is 2. The van der Waals surface area contributed by atoms with Gasteiger partial charge >= 0.3 is 12.8 Å². The summed E-state index contributed by atoms with van der Waals surface area (Å²) in [5, 5.41) is 13.7. The first-order valence-electron chi connectivity index (χ1n) is 8.01. The first-order valence-corrected chi connectivity index (χ1v) is 8.01. The lowest BCUT2D eigenvalue weighted by Crippen LogP contribution is -2.20. The smallest absolute Gasteiger partial charge is 0.416 e. The maximum Gasteiger partial charge on any atom is 0.416 e. The Kier molecular flexibility index (Phi) is 5.71. The van der Waals surface area contributed by atoms with Gasteiger partial charge < -0.3 is 10.1 Å². The Morgan fingerprint density at radius 2 is 1.86 bits per heavy atom. The monoisotopic (exact) mass is 413 g/mol. The van der Waals surface area contributed by atoms with E-state index in [0.29, 0.717) is 5.69 Å². The normalized spacial score (nSPS) is 11.5. The largest absolute Gasteiger partial charge is 0.435 e. The van der Waals surface area contributed by atoms with E-state index >= 15 is 0 Å². The summed E-state index contributed by atoms with van der Waals surface area (Å²) in [5.41, 5.74) is -0.445. The van der Waals surface area contributed by atoms with E-state index in [2.05, 4.69) is 25.5 Å².